The molecule has 1 unspecified atom stereocenters. The van der Waals surface area contributed by atoms with Crippen molar-refractivity contribution in [2.75, 3.05) is 0 Å². The molecule has 29 heavy (non-hydrogen) atoms. The Hall–Kier alpha value is -2.30. The smallest absolute Gasteiger partial charge is 0.416 e. The Morgan fingerprint density at radius 3 is 2.66 bits per heavy atom. The van der Waals surface area contributed by atoms with Gasteiger partial charge in [-0.1, -0.05) is 35.6 Å². The zero-order valence-electron chi connectivity index (χ0n) is 14.5. The molecule has 3 rings (SSSR count). The number of carbonyl (C=O) groups excluding carboxylic acids is 1. The Kier molecular flexibility index (Phi) is 5.79. The Balaban J connectivity index is 1.91. The largest absolute Gasteiger partial charge is 0.480 e. The number of carboxylic acid groups (broad SMARTS) is 1. The molecule has 5 nitrogen and oxygen atoms in total. The fraction of sp³-hybridized carbons (Fsp3) is 0.167. The van der Waals surface area contributed by atoms with E-state index in [1.54, 1.807) is 0 Å². The molecule has 1 atom stereocenters. The van der Waals surface area contributed by atoms with E-state index < -0.39 is 29.7 Å². The van der Waals surface area contributed by atoms with Gasteiger partial charge in [-0.05, 0) is 37.3 Å². The molecule has 152 valence electrons. The minimum Gasteiger partial charge on any atom is -0.480 e. The van der Waals surface area contributed by atoms with Crippen LogP contribution in [0.2, 0.25) is 5.02 Å². The number of benzene rings is 1. The predicted molar refractivity (Wildman–Crippen MR) is 106 cm³/mol. The van der Waals surface area contributed by atoms with Crippen molar-refractivity contribution in [1.82, 2.24) is 4.90 Å². The van der Waals surface area contributed by atoms with Gasteiger partial charge < -0.3 is 9.52 Å². The summed E-state index contributed by atoms with van der Waals surface area (Å²) in [5.74, 6) is -1.54. The first-order chi connectivity index (χ1) is 13.5. The summed E-state index contributed by atoms with van der Waals surface area (Å²) in [5, 5.41) is 9.17. The highest BCUT2D eigenvalue weighted by Crippen LogP contribution is 2.38. The fourth-order valence-corrected chi connectivity index (χ4v) is 4.13. The lowest BCUT2D eigenvalue weighted by atomic mass is 10.1. The number of carboxylic acids is 1. The Bertz CT molecular complexity index is 1050. The number of alkyl halides is 3. The van der Waals surface area contributed by atoms with E-state index in [1.807, 2.05) is 0 Å². The Morgan fingerprint density at radius 2 is 2.03 bits per heavy atom. The van der Waals surface area contributed by atoms with Crippen molar-refractivity contribution in [3.63, 3.8) is 0 Å². The molecule has 0 aliphatic carbocycles. The summed E-state index contributed by atoms with van der Waals surface area (Å²) in [6, 6.07) is 4.61. The predicted octanol–water partition coefficient (Wildman–Crippen LogP) is 5.29. The number of thiocarbonyl (C=S) groups is 1. The standard InChI is InChI=1S/C18H11ClF3NO4S2/c1-8(16(25)26)23-15(24)14(29-17(23)28)7-10-3-5-13(27-10)11-6-9(18(20,21)22)2-4-12(11)19/h2-8H,1H3,(H,25,26)/b14-7-. The molecule has 1 amide bonds. The molecule has 1 aromatic heterocycles. The molecule has 1 aromatic carbocycles. The van der Waals surface area contributed by atoms with Gasteiger partial charge in [-0.3, -0.25) is 9.69 Å². The number of amides is 1. The van der Waals surface area contributed by atoms with Crippen molar-refractivity contribution in [3.05, 3.63) is 51.6 Å². The second-order valence-electron chi connectivity index (χ2n) is 5.96. The summed E-state index contributed by atoms with van der Waals surface area (Å²) in [5.41, 5.74) is -0.827. The Morgan fingerprint density at radius 1 is 1.34 bits per heavy atom. The van der Waals surface area contributed by atoms with E-state index in [1.165, 1.54) is 25.1 Å². The highest BCUT2D eigenvalue weighted by molar-refractivity contribution is 8.26. The van der Waals surface area contributed by atoms with Crippen LogP contribution < -0.4 is 0 Å². The molecule has 2 aromatic rings. The van der Waals surface area contributed by atoms with Crippen molar-refractivity contribution in [3.8, 4) is 11.3 Å². The minimum absolute atomic E-state index is 0.0492. The number of furan rings is 1. The molecular formula is C18H11ClF3NO4S2. The lowest BCUT2D eigenvalue weighted by Gasteiger charge is -2.18. The van der Waals surface area contributed by atoms with Gasteiger partial charge in [-0.2, -0.15) is 13.2 Å². The fourth-order valence-electron chi connectivity index (χ4n) is 2.52. The molecule has 2 heterocycles. The van der Waals surface area contributed by atoms with E-state index in [9.17, 15) is 22.8 Å². The topological polar surface area (TPSA) is 70.8 Å². The summed E-state index contributed by atoms with van der Waals surface area (Å²) in [6.45, 7) is 1.33. The minimum atomic E-state index is -4.54. The highest BCUT2D eigenvalue weighted by Gasteiger charge is 2.38. The summed E-state index contributed by atoms with van der Waals surface area (Å²) in [6.07, 6.45) is -3.19. The maximum absolute atomic E-state index is 12.9. The quantitative estimate of drug-likeness (QED) is 0.492. The molecular weight excluding hydrogens is 451 g/mol. The molecule has 0 radical (unpaired) electrons. The summed E-state index contributed by atoms with van der Waals surface area (Å²) in [7, 11) is 0. The number of nitrogens with zero attached hydrogens (tertiary/aromatic N) is 1. The first-order valence-corrected chi connectivity index (χ1v) is 9.56. The number of thioether (sulfide) groups is 1. The number of rotatable bonds is 4. The molecule has 1 aliphatic heterocycles. The maximum Gasteiger partial charge on any atom is 0.416 e. The van der Waals surface area contributed by atoms with Gasteiger partial charge in [0.1, 0.15) is 21.9 Å². The first-order valence-electron chi connectivity index (χ1n) is 7.96. The van der Waals surface area contributed by atoms with E-state index in [-0.39, 0.29) is 31.3 Å². The summed E-state index contributed by atoms with van der Waals surface area (Å²) in [4.78, 5) is 24.7. The van der Waals surface area contributed by atoms with Crippen LogP contribution >= 0.6 is 35.6 Å². The molecule has 11 heteroatoms. The van der Waals surface area contributed by atoms with E-state index in [4.69, 9.17) is 33.3 Å². The zero-order chi connectivity index (χ0) is 21.5. The molecule has 0 spiro atoms. The average Bonchev–Trinajstić information content (AvgIpc) is 3.18. The number of halogens is 4. The van der Waals surface area contributed by atoms with Crippen LogP contribution in [-0.4, -0.2) is 32.2 Å². The van der Waals surface area contributed by atoms with Crippen LogP contribution in [0, 0.1) is 0 Å². The van der Waals surface area contributed by atoms with Crippen LogP contribution in [0.15, 0.2) is 39.7 Å². The molecule has 1 aliphatic rings. The Labute approximate surface area is 177 Å². The third-order valence-corrected chi connectivity index (χ3v) is 5.69. The lowest BCUT2D eigenvalue weighted by Crippen LogP contribution is -2.41. The van der Waals surface area contributed by atoms with E-state index >= 15 is 0 Å². The van der Waals surface area contributed by atoms with Crippen molar-refractivity contribution in [2.45, 2.75) is 19.1 Å². The zero-order valence-corrected chi connectivity index (χ0v) is 16.9. The van der Waals surface area contributed by atoms with Gasteiger partial charge in [-0.25, -0.2) is 4.79 Å². The average molecular weight is 462 g/mol. The SMILES string of the molecule is CC(C(=O)O)N1C(=O)/C(=C/c2ccc(-c3cc(C(F)(F)F)ccc3Cl)o2)SC1=S. The monoisotopic (exact) mass is 461 g/mol. The summed E-state index contributed by atoms with van der Waals surface area (Å²) < 4.78 is 44.5. The summed E-state index contributed by atoms with van der Waals surface area (Å²) >= 11 is 12.0. The number of hydrogen-bond acceptors (Lipinski definition) is 5. The number of hydrogen-bond donors (Lipinski definition) is 1. The lowest BCUT2D eigenvalue weighted by molar-refractivity contribution is -0.144. The van der Waals surface area contributed by atoms with Crippen LogP contribution in [0.5, 0.6) is 0 Å². The van der Waals surface area contributed by atoms with Crippen LogP contribution in [0.3, 0.4) is 0 Å². The van der Waals surface area contributed by atoms with Crippen molar-refractivity contribution in [1.29, 1.82) is 0 Å². The normalized spacial score (nSPS) is 17.3. The van der Waals surface area contributed by atoms with Crippen LogP contribution in [0.1, 0.15) is 18.2 Å². The van der Waals surface area contributed by atoms with Crippen molar-refractivity contribution in [2.24, 2.45) is 0 Å². The van der Waals surface area contributed by atoms with Crippen LogP contribution in [-0.2, 0) is 15.8 Å². The van der Waals surface area contributed by atoms with E-state index in [2.05, 4.69) is 0 Å². The number of carbonyl (C=O) groups is 2. The van der Waals surface area contributed by atoms with Gasteiger partial charge in [0.15, 0.2) is 0 Å². The molecule has 0 bridgehead atoms. The van der Waals surface area contributed by atoms with Crippen LogP contribution in [0.4, 0.5) is 13.2 Å². The van der Waals surface area contributed by atoms with Crippen molar-refractivity contribution >= 4 is 57.9 Å². The third-order valence-electron chi connectivity index (χ3n) is 4.03. The molecule has 1 fully saturated rings. The van der Waals surface area contributed by atoms with Gasteiger partial charge in [0.25, 0.3) is 5.91 Å². The second-order valence-corrected chi connectivity index (χ2v) is 8.04. The second kappa shape index (κ2) is 7.85. The van der Waals surface area contributed by atoms with Crippen molar-refractivity contribution < 1.29 is 32.3 Å². The van der Waals surface area contributed by atoms with Gasteiger partial charge in [-0.15, -0.1) is 0 Å². The van der Waals surface area contributed by atoms with Crippen LogP contribution in [0.25, 0.3) is 17.4 Å². The highest BCUT2D eigenvalue weighted by atomic mass is 35.5. The first kappa shape index (κ1) is 21.4. The van der Waals surface area contributed by atoms with Gasteiger partial charge in [0.2, 0.25) is 0 Å². The van der Waals surface area contributed by atoms with Gasteiger partial charge in [0.05, 0.1) is 15.5 Å². The van der Waals surface area contributed by atoms with Gasteiger partial charge in [0, 0.05) is 11.6 Å². The maximum atomic E-state index is 12.9. The molecule has 1 N–H and O–H groups in total. The van der Waals surface area contributed by atoms with E-state index in [0.717, 1.165) is 34.9 Å². The van der Waals surface area contributed by atoms with Gasteiger partial charge >= 0.3 is 12.1 Å². The third kappa shape index (κ3) is 4.34. The molecule has 0 saturated carbocycles. The van der Waals surface area contributed by atoms with E-state index in [0.29, 0.717) is 0 Å². The number of aliphatic carboxylic acids is 1. The molecule has 1 saturated heterocycles.